The fourth-order valence-electron chi connectivity index (χ4n) is 2.00. The second kappa shape index (κ2) is 7.49. The van der Waals surface area contributed by atoms with Gasteiger partial charge in [0.15, 0.2) is 6.61 Å². The Kier molecular flexibility index (Phi) is 6.23. The minimum atomic E-state index is 0.472. The van der Waals surface area contributed by atoms with Crippen LogP contribution in [-0.4, -0.2) is 44.1 Å². The van der Waals surface area contributed by atoms with Gasteiger partial charge in [-0.1, -0.05) is 19.0 Å². The van der Waals surface area contributed by atoms with E-state index >= 15 is 0 Å². The molecule has 4 nitrogen and oxygen atoms in total. The molecule has 16 heavy (non-hydrogen) atoms. The van der Waals surface area contributed by atoms with E-state index < -0.39 is 0 Å². The maximum Gasteiger partial charge on any atom is 0.228 e. The molecular formula is C12H24N2O2. The standard InChI is InChI=1S/C10H18N2O2.C2H6/c1-12-5-2-3-9(4-6-12)10-11-14-8-7-13-10;1-2/h9H,2-8H2,1H3;1-2H3. The summed E-state index contributed by atoms with van der Waals surface area (Å²) in [6.45, 7) is 7.57. The lowest BCUT2D eigenvalue weighted by atomic mass is 10.0. The van der Waals surface area contributed by atoms with Crippen molar-refractivity contribution in [1.29, 1.82) is 0 Å². The molecule has 0 amide bonds. The molecule has 94 valence electrons. The van der Waals surface area contributed by atoms with E-state index in [-0.39, 0.29) is 0 Å². The molecule has 0 bridgehead atoms. The van der Waals surface area contributed by atoms with Crippen molar-refractivity contribution in [1.82, 2.24) is 4.90 Å². The molecule has 1 saturated heterocycles. The van der Waals surface area contributed by atoms with Gasteiger partial charge in [0.25, 0.3) is 0 Å². The van der Waals surface area contributed by atoms with Crippen molar-refractivity contribution in [2.75, 3.05) is 33.4 Å². The summed E-state index contributed by atoms with van der Waals surface area (Å²) >= 11 is 0. The smallest absolute Gasteiger partial charge is 0.228 e. The molecule has 2 aliphatic heterocycles. The van der Waals surface area contributed by atoms with E-state index in [1.165, 1.54) is 19.4 Å². The predicted molar refractivity (Wildman–Crippen MR) is 65.5 cm³/mol. The van der Waals surface area contributed by atoms with Crippen LogP contribution in [0.1, 0.15) is 33.1 Å². The lowest BCUT2D eigenvalue weighted by Gasteiger charge is -2.20. The Labute approximate surface area is 98.6 Å². The van der Waals surface area contributed by atoms with Crippen molar-refractivity contribution in [3.8, 4) is 0 Å². The fraction of sp³-hybridized carbons (Fsp3) is 0.917. The first kappa shape index (κ1) is 13.3. The molecule has 0 saturated carbocycles. The van der Waals surface area contributed by atoms with Gasteiger partial charge in [0.1, 0.15) is 6.61 Å². The van der Waals surface area contributed by atoms with E-state index in [1.54, 1.807) is 0 Å². The molecule has 0 aromatic carbocycles. The highest BCUT2D eigenvalue weighted by atomic mass is 16.7. The highest BCUT2D eigenvalue weighted by molar-refractivity contribution is 5.78. The lowest BCUT2D eigenvalue weighted by molar-refractivity contribution is 0.0564. The first-order valence-electron chi connectivity index (χ1n) is 6.37. The Bertz CT molecular complexity index is 219. The van der Waals surface area contributed by atoms with Gasteiger partial charge in [-0.25, -0.2) is 0 Å². The predicted octanol–water partition coefficient (Wildman–Crippen LogP) is 2.10. The van der Waals surface area contributed by atoms with Crippen LogP contribution in [0.25, 0.3) is 0 Å². The van der Waals surface area contributed by atoms with Gasteiger partial charge in [0.2, 0.25) is 5.90 Å². The Morgan fingerprint density at radius 1 is 1.19 bits per heavy atom. The average Bonchev–Trinajstić information content (AvgIpc) is 2.58. The molecule has 0 aliphatic carbocycles. The van der Waals surface area contributed by atoms with Gasteiger partial charge in [-0.15, -0.1) is 0 Å². The van der Waals surface area contributed by atoms with Crippen LogP contribution in [0.15, 0.2) is 5.16 Å². The first-order chi connectivity index (χ1) is 7.86. The van der Waals surface area contributed by atoms with Gasteiger partial charge in [-0.2, -0.15) is 0 Å². The Hall–Kier alpha value is -0.770. The van der Waals surface area contributed by atoms with E-state index in [0.717, 1.165) is 18.9 Å². The summed E-state index contributed by atoms with van der Waals surface area (Å²) in [5.74, 6) is 1.30. The molecule has 1 atom stereocenters. The van der Waals surface area contributed by atoms with E-state index in [2.05, 4.69) is 17.1 Å². The van der Waals surface area contributed by atoms with Crippen LogP contribution in [0.4, 0.5) is 0 Å². The van der Waals surface area contributed by atoms with Crippen LogP contribution in [0, 0.1) is 5.92 Å². The molecule has 1 unspecified atom stereocenters. The normalized spacial score (nSPS) is 26.4. The number of rotatable bonds is 1. The van der Waals surface area contributed by atoms with Crippen molar-refractivity contribution in [3.05, 3.63) is 0 Å². The van der Waals surface area contributed by atoms with Crippen molar-refractivity contribution in [2.24, 2.45) is 11.1 Å². The minimum Gasteiger partial charge on any atom is -0.475 e. The number of hydrogen-bond donors (Lipinski definition) is 0. The highest BCUT2D eigenvalue weighted by Crippen LogP contribution is 2.20. The molecule has 2 heterocycles. The zero-order valence-electron chi connectivity index (χ0n) is 10.7. The maximum atomic E-state index is 5.51. The van der Waals surface area contributed by atoms with Gasteiger partial charge in [-0.3, -0.25) is 0 Å². The topological polar surface area (TPSA) is 34.1 Å². The molecule has 2 aliphatic rings. The summed E-state index contributed by atoms with van der Waals surface area (Å²) in [6, 6.07) is 0. The van der Waals surface area contributed by atoms with E-state index in [9.17, 15) is 0 Å². The van der Waals surface area contributed by atoms with Crippen LogP contribution >= 0.6 is 0 Å². The summed E-state index contributed by atoms with van der Waals surface area (Å²) < 4.78 is 5.51. The largest absolute Gasteiger partial charge is 0.475 e. The Morgan fingerprint density at radius 3 is 2.69 bits per heavy atom. The van der Waals surface area contributed by atoms with Crippen molar-refractivity contribution in [3.63, 3.8) is 0 Å². The summed E-state index contributed by atoms with van der Waals surface area (Å²) in [5, 5.41) is 4.00. The van der Waals surface area contributed by atoms with Crippen LogP contribution in [0.3, 0.4) is 0 Å². The van der Waals surface area contributed by atoms with Crippen LogP contribution < -0.4 is 0 Å². The van der Waals surface area contributed by atoms with Crippen molar-refractivity contribution >= 4 is 5.90 Å². The summed E-state index contributed by atoms with van der Waals surface area (Å²) in [4.78, 5) is 7.42. The van der Waals surface area contributed by atoms with Crippen LogP contribution in [0.5, 0.6) is 0 Å². The Morgan fingerprint density at radius 2 is 2.00 bits per heavy atom. The minimum absolute atomic E-state index is 0.472. The molecule has 0 N–H and O–H groups in total. The third kappa shape index (κ3) is 4.00. The SMILES string of the molecule is CC.CN1CCCC(C2=NOCCO2)CC1. The molecular weight excluding hydrogens is 204 g/mol. The van der Waals surface area contributed by atoms with Crippen molar-refractivity contribution < 1.29 is 9.57 Å². The summed E-state index contributed by atoms with van der Waals surface area (Å²) in [5.41, 5.74) is 0. The van der Waals surface area contributed by atoms with Crippen LogP contribution in [-0.2, 0) is 9.57 Å². The summed E-state index contributed by atoms with van der Waals surface area (Å²) in [6.07, 6.45) is 3.54. The number of ether oxygens (including phenoxy) is 1. The van der Waals surface area contributed by atoms with E-state index in [0.29, 0.717) is 19.1 Å². The average molecular weight is 228 g/mol. The van der Waals surface area contributed by atoms with Crippen molar-refractivity contribution in [2.45, 2.75) is 33.1 Å². The molecule has 4 heteroatoms. The molecule has 1 fully saturated rings. The number of nitrogens with zero attached hydrogens (tertiary/aromatic N) is 2. The molecule has 0 radical (unpaired) electrons. The Balaban J connectivity index is 0.000000606. The highest BCUT2D eigenvalue weighted by Gasteiger charge is 2.23. The summed E-state index contributed by atoms with van der Waals surface area (Å²) in [7, 11) is 2.17. The van der Waals surface area contributed by atoms with E-state index in [4.69, 9.17) is 9.57 Å². The van der Waals surface area contributed by atoms with Gasteiger partial charge in [-0.05, 0) is 39.4 Å². The quantitative estimate of drug-likeness (QED) is 0.689. The van der Waals surface area contributed by atoms with Crippen LogP contribution in [0.2, 0.25) is 0 Å². The zero-order valence-corrected chi connectivity index (χ0v) is 10.7. The van der Waals surface area contributed by atoms with Gasteiger partial charge < -0.3 is 14.5 Å². The first-order valence-corrected chi connectivity index (χ1v) is 6.37. The van der Waals surface area contributed by atoms with E-state index in [1.807, 2.05) is 13.8 Å². The monoisotopic (exact) mass is 228 g/mol. The molecule has 2 rings (SSSR count). The van der Waals surface area contributed by atoms with Gasteiger partial charge in [0.05, 0.1) is 0 Å². The van der Waals surface area contributed by atoms with Gasteiger partial charge >= 0.3 is 0 Å². The lowest BCUT2D eigenvalue weighted by Crippen LogP contribution is -2.25. The fourth-order valence-corrected chi connectivity index (χ4v) is 2.00. The second-order valence-electron chi connectivity index (χ2n) is 4.04. The third-order valence-corrected chi connectivity index (χ3v) is 2.88. The van der Waals surface area contributed by atoms with Gasteiger partial charge in [0, 0.05) is 5.92 Å². The third-order valence-electron chi connectivity index (χ3n) is 2.88. The zero-order chi connectivity index (χ0) is 11.8. The molecule has 0 aromatic heterocycles. The molecule has 0 aromatic rings. The molecule has 0 spiro atoms. The number of oxime groups is 1. The second-order valence-corrected chi connectivity index (χ2v) is 4.04. The number of hydrogen-bond acceptors (Lipinski definition) is 4. The maximum absolute atomic E-state index is 5.51. The number of likely N-dealkylation sites (tertiary alicyclic amines) is 1.